The number of nitrogens with zero attached hydrogens (tertiary/aromatic N) is 3. The number of hydrogen-bond acceptors (Lipinski definition) is 8. The SMILES string of the molecule is C[C@H]1COCCN1c1cc(C2(S(=O)(=O)CCCO)CC2)nc(-c2ccc(NC(=O)NCC(F)F)cc2)n1. The maximum Gasteiger partial charge on any atom is 0.319 e. The first-order chi connectivity index (χ1) is 17.6. The molecule has 1 aromatic carbocycles. The molecule has 0 unspecified atom stereocenters. The largest absolute Gasteiger partial charge is 0.396 e. The van der Waals surface area contributed by atoms with E-state index in [1.165, 1.54) is 0 Å². The lowest BCUT2D eigenvalue weighted by atomic mass is 10.1. The second-order valence-electron chi connectivity index (χ2n) is 9.25. The van der Waals surface area contributed by atoms with Gasteiger partial charge in [0.25, 0.3) is 6.43 Å². The Kier molecular flexibility index (Phi) is 8.24. The maximum absolute atomic E-state index is 13.2. The third kappa shape index (κ3) is 6.16. The number of hydrogen-bond donors (Lipinski definition) is 3. The van der Waals surface area contributed by atoms with Crippen molar-refractivity contribution < 1.29 is 31.8 Å². The average Bonchev–Trinajstić information content (AvgIpc) is 3.70. The van der Waals surface area contributed by atoms with E-state index in [1.807, 2.05) is 6.92 Å². The number of ether oxygens (including phenoxy) is 1. The Balaban J connectivity index is 1.66. The number of urea groups is 1. The molecule has 2 heterocycles. The Morgan fingerprint density at radius 3 is 2.62 bits per heavy atom. The molecule has 0 radical (unpaired) electrons. The molecule has 2 aliphatic rings. The van der Waals surface area contributed by atoms with Crippen molar-refractivity contribution in [3.8, 4) is 11.4 Å². The van der Waals surface area contributed by atoms with E-state index < -0.39 is 33.6 Å². The Morgan fingerprint density at radius 1 is 1.27 bits per heavy atom. The van der Waals surface area contributed by atoms with Crippen LogP contribution in [0.25, 0.3) is 11.4 Å². The lowest BCUT2D eigenvalue weighted by Gasteiger charge is -2.34. The Labute approximate surface area is 214 Å². The molecule has 1 saturated carbocycles. The van der Waals surface area contributed by atoms with Crippen molar-refractivity contribution in [2.75, 3.05) is 48.9 Å². The van der Waals surface area contributed by atoms with Crippen LogP contribution in [0.15, 0.2) is 30.3 Å². The van der Waals surface area contributed by atoms with Gasteiger partial charge in [0.1, 0.15) is 10.6 Å². The number of sulfone groups is 1. The molecule has 202 valence electrons. The Hall–Kier alpha value is -2.90. The van der Waals surface area contributed by atoms with Crippen molar-refractivity contribution in [1.29, 1.82) is 0 Å². The van der Waals surface area contributed by atoms with Gasteiger partial charge in [-0.2, -0.15) is 0 Å². The van der Waals surface area contributed by atoms with E-state index in [1.54, 1.807) is 30.3 Å². The number of alkyl halides is 2. The monoisotopic (exact) mass is 539 g/mol. The molecular weight excluding hydrogens is 508 g/mol. The molecule has 1 aliphatic carbocycles. The van der Waals surface area contributed by atoms with Gasteiger partial charge >= 0.3 is 6.03 Å². The lowest BCUT2D eigenvalue weighted by molar-refractivity contribution is 0.0985. The van der Waals surface area contributed by atoms with E-state index in [0.717, 1.165) is 0 Å². The number of aromatic nitrogens is 2. The van der Waals surface area contributed by atoms with E-state index in [0.29, 0.717) is 61.2 Å². The van der Waals surface area contributed by atoms with Gasteiger partial charge in [-0.05, 0) is 50.5 Å². The van der Waals surface area contributed by atoms with E-state index in [9.17, 15) is 27.1 Å². The highest BCUT2D eigenvalue weighted by Crippen LogP contribution is 2.53. The van der Waals surface area contributed by atoms with Crippen molar-refractivity contribution >= 4 is 27.4 Å². The van der Waals surface area contributed by atoms with Gasteiger partial charge in [-0.15, -0.1) is 0 Å². The summed E-state index contributed by atoms with van der Waals surface area (Å²) in [6.07, 6.45) is -1.59. The highest BCUT2D eigenvalue weighted by molar-refractivity contribution is 7.92. The fraction of sp³-hybridized carbons (Fsp3) is 0.542. The van der Waals surface area contributed by atoms with Gasteiger partial charge in [0.05, 0.1) is 37.2 Å². The predicted molar refractivity (Wildman–Crippen MR) is 135 cm³/mol. The van der Waals surface area contributed by atoms with Crippen LogP contribution in [0.2, 0.25) is 0 Å². The predicted octanol–water partition coefficient (Wildman–Crippen LogP) is 2.54. The third-order valence-corrected chi connectivity index (χ3v) is 9.16. The number of carbonyl (C=O) groups excluding carboxylic acids is 1. The topological polar surface area (TPSA) is 134 Å². The number of rotatable bonds is 10. The van der Waals surface area contributed by atoms with Gasteiger partial charge in [0.2, 0.25) is 0 Å². The Morgan fingerprint density at radius 2 is 2.00 bits per heavy atom. The molecule has 13 heteroatoms. The first kappa shape index (κ1) is 27.1. The van der Waals surface area contributed by atoms with Gasteiger partial charge in [-0.3, -0.25) is 0 Å². The van der Waals surface area contributed by atoms with Gasteiger partial charge in [-0.25, -0.2) is 32.0 Å². The summed E-state index contributed by atoms with van der Waals surface area (Å²) in [5, 5.41) is 13.7. The van der Waals surface area contributed by atoms with Crippen molar-refractivity contribution in [2.24, 2.45) is 0 Å². The van der Waals surface area contributed by atoms with Crippen molar-refractivity contribution in [1.82, 2.24) is 15.3 Å². The summed E-state index contributed by atoms with van der Waals surface area (Å²) < 4.78 is 55.5. The first-order valence-electron chi connectivity index (χ1n) is 12.2. The fourth-order valence-corrected chi connectivity index (χ4v) is 6.40. The number of carbonyl (C=O) groups is 1. The van der Waals surface area contributed by atoms with E-state index in [4.69, 9.17) is 9.72 Å². The molecule has 4 rings (SSSR count). The summed E-state index contributed by atoms with van der Waals surface area (Å²) >= 11 is 0. The van der Waals surface area contributed by atoms with Crippen molar-refractivity contribution in [2.45, 2.75) is 43.4 Å². The second kappa shape index (κ2) is 11.2. The quantitative estimate of drug-likeness (QED) is 0.420. The zero-order valence-corrected chi connectivity index (χ0v) is 21.3. The fourth-order valence-electron chi connectivity index (χ4n) is 4.35. The van der Waals surface area contributed by atoms with Crippen molar-refractivity contribution in [3.05, 3.63) is 36.0 Å². The van der Waals surface area contributed by atoms with Crippen LogP contribution in [0.4, 0.5) is 25.1 Å². The number of aliphatic hydroxyl groups is 1. The third-order valence-electron chi connectivity index (χ3n) is 6.53. The molecule has 10 nitrogen and oxygen atoms in total. The Bertz CT molecular complexity index is 1210. The molecular formula is C24H31F2N5O5S. The molecule has 3 N–H and O–H groups in total. The number of aliphatic hydroxyl groups excluding tert-OH is 1. The van der Waals surface area contributed by atoms with Crippen LogP contribution >= 0.6 is 0 Å². The second-order valence-corrected chi connectivity index (χ2v) is 11.7. The number of amides is 2. The molecule has 1 aromatic heterocycles. The average molecular weight is 540 g/mol. The van der Waals surface area contributed by atoms with Crippen LogP contribution in [-0.2, 0) is 19.3 Å². The number of benzene rings is 1. The molecule has 0 bridgehead atoms. The van der Waals surface area contributed by atoms with E-state index in [-0.39, 0.29) is 24.8 Å². The summed E-state index contributed by atoms with van der Waals surface area (Å²) in [5.41, 5.74) is 1.42. The van der Waals surface area contributed by atoms with Gasteiger partial charge in [-0.1, -0.05) is 0 Å². The first-order valence-corrected chi connectivity index (χ1v) is 13.8. The molecule has 1 saturated heterocycles. The highest BCUT2D eigenvalue weighted by Gasteiger charge is 2.56. The standard InChI is InChI=1S/C24H31F2N5O5S/c1-16-15-36-11-9-31(16)21-13-19(24(7-8-24)37(34,35)12-2-10-32)29-22(30-21)17-3-5-18(6-4-17)28-23(33)27-14-20(25)26/h3-6,13,16,20,32H,2,7-12,14-15H2,1H3,(H2,27,28,33)/t16-/m0/s1. The summed E-state index contributed by atoms with van der Waals surface area (Å²) in [6.45, 7) is 2.68. The molecule has 1 aliphatic heterocycles. The minimum absolute atomic E-state index is 0.0313. The van der Waals surface area contributed by atoms with Crippen LogP contribution in [-0.4, -0.2) is 80.7 Å². The van der Waals surface area contributed by atoms with Crippen molar-refractivity contribution in [3.63, 3.8) is 0 Å². The summed E-state index contributed by atoms with van der Waals surface area (Å²) in [6, 6.07) is 7.56. The maximum atomic E-state index is 13.2. The minimum atomic E-state index is -3.56. The number of halogens is 2. The van der Waals surface area contributed by atoms with Crippen LogP contribution in [0.5, 0.6) is 0 Å². The van der Waals surface area contributed by atoms with Gasteiger partial charge in [0, 0.05) is 30.5 Å². The van der Waals surface area contributed by atoms with Gasteiger partial charge < -0.3 is 25.4 Å². The van der Waals surface area contributed by atoms with Crippen LogP contribution in [0.1, 0.15) is 31.9 Å². The van der Waals surface area contributed by atoms with E-state index in [2.05, 4.69) is 20.5 Å². The zero-order valence-electron chi connectivity index (χ0n) is 20.5. The van der Waals surface area contributed by atoms with Crippen LogP contribution in [0.3, 0.4) is 0 Å². The molecule has 37 heavy (non-hydrogen) atoms. The summed E-state index contributed by atoms with van der Waals surface area (Å²) in [5.74, 6) is 0.816. The molecule has 2 amide bonds. The molecule has 2 aromatic rings. The number of nitrogens with one attached hydrogen (secondary N) is 2. The number of anilines is 2. The molecule has 2 fully saturated rings. The molecule has 0 spiro atoms. The van der Waals surface area contributed by atoms with E-state index >= 15 is 0 Å². The van der Waals surface area contributed by atoms with Crippen LogP contribution < -0.4 is 15.5 Å². The van der Waals surface area contributed by atoms with Crippen LogP contribution in [0, 0.1) is 0 Å². The summed E-state index contributed by atoms with van der Waals surface area (Å²) in [4.78, 5) is 23.3. The lowest BCUT2D eigenvalue weighted by Crippen LogP contribution is -2.44. The smallest absolute Gasteiger partial charge is 0.319 e. The van der Waals surface area contributed by atoms with Gasteiger partial charge in [0.15, 0.2) is 15.7 Å². The molecule has 1 atom stereocenters. The normalized spacial score (nSPS) is 19.1. The minimum Gasteiger partial charge on any atom is -0.396 e. The number of morpholine rings is 1. The zero-order chi connectivity index (χ0) is 26.6. The summed E-state index contributed by atoms with van der Waals surface area (Å²) in [7, 11) is -3.56. The highest BCUT2D eigenvalue weighted by atomic mass is 32.2.